The van der Waals surface area contributed by atoms with Gasteiger partial charge in [0.15, 0.2) is 5.95 Å². The minimum atomic E-state index is -0.520. The summed E-state index contributed by atoms with van der Waals surface area (Å²) >= 11 is 0. The average molecular weight is 377 g/mol. The number of halogens is 2. The van der Waals surface area contributed by atoms with Crippen LogP contribution < -0.4 is 11.5 Å². The zero-order valence-electron chi connectivity index (χ0n) is 13.8. The molecule has 0 amide bonds. The number of anilines is 1. The van der Waals surface area contributed by atoms with E-state index in [2.05, 4.69) is 26.5 Å². The maximum absolute atomic E-state index is 10.7. The standard InChI is InChI=1S/C8H11N3.C8H13NO2.2ClH/c1-2-3-4-5-7-6-10-8(9)11-7;1-3-4-5-6-7(9)8(10)11-2;;/h1,6H,3-5H2,(H3,9,10,11);1,7H,4-6,9H2,2H3;2*1H. The van der Waals surface area contributed by atoms with Gasteiger partial charge in [0.25, 0.3) is 0 Å². The lowest BCUT2D eigenvalue weighted by molar-refractivity contribution is -0.142. The maximum Gasteiger partial charge on any atom is 0.322 e. The molecule has 1 atom stereocenters. The van der Waals surface area contributed by atoms with Gasteiger partial charge in [-0.1, -0.05) is 0 Å². The summed E-state index contributed by atoms with van der Waals surface area (Å²) in [5.74, 6) is 5.15. The van der Waals surface area contributed by atoms with E-state index in [1.54, 1.807) is 6.20 Å². The van der Waals surface area contributed by atoms with Crippen LogP contribution in [0.5, 0.6) is 0 Å². The Kier molecular flexibility index (Phi) is 19.7. The number of esters is 1. The molecule has 5 N–H and O–H groups in total. The Labute approximate surface area is 156 Å². The summed E-state index contributed by atoms with van der Waals surface area (Å²) in [6.45, 7) is 0. The number of nitrogens with one attached hydrogen (secondary N) is 1. The molecule has 1 rings (SSSR count). The summed E-state index contributed by atoms with van der Waals surface area (Å²) in [4.78, 5) is 17.5. The van der Waals surface area contributed by atoms with Gasteiger partial charge in [-0.2, -0.15) is 0 Å². The van der Waals surface area contributed by atoms with Gasteiger partial charge in [-0.25, -0.2) is 4.98 Å². The first-order valence-electron chi connectivity index (χ1n) is 7.04. The number of terminal acetylenes is 2. The van der Waals surface area contributed by atoms with E-state index in [0.717, 1.165) is 31.4 Å². The number of hydrogen-bond donors (Lipinski definition) is 3. The van der Waals surface area contributed by atoms with Gasteiger partial charge in [-0.05, 0) is 25.7 Å². The number of aryl methyl sites for hydroxylation is 1. The molecule has 0 aliphatic rings. The molecular weight excluding hydrogens is 351 g/mol. The summed E-state index contributed by atoms with van der Waals surface area (Å²) in [5.41, 5.74) is 11.9. The number of carbonyl (C=O) groups is 1. The zero-order valence-corrected chi connectivity index (χ0v) is 15.4. The molecule has 1 aromatic heterocycles. The normalized spacial score (nSPS) is 9.67. The summed E-state index contributed by atoms with van der Waals surface area (Å²) in [6.07, 6.45) is 16.6. The average Bonchev–Trinajstić information content (AvgIpc) is 2.93. The van der Waals surface area contributed by atoms with Crippen LogP contribution in [0.1, 0.15) is 37.8 Å². The lowest BCUT2D eigenvalue weighted by atomic mass is 10.1. The van der Waals surface area contributed by atoms with Crippen molar-refractivity contribution >= 4 is 36.7 Å². The second kappa shape index (κ2) is 17.5. The first kappa shape index (κ1) is 27.0. The highest BCUT2D eigenvalue weighted by atomic mass is 35.5. The smallest absolute Gasteiger partial charge is 0.322 e. The van der Waals surface area contributed by atoms with Crippen molar-refractivity contribution < 1.29 is 9.53 Å². The minimum Gasteiger partial charge on any atom is -0.468 e. The Hall–Kier alpha value is -1.86. The Morgan fingerprint density at radius 3 is 2.38 bits per heavy atom. The molecular formula is C16H26Cl2N4O2. The van der Waals surface area contributed by atoms with E-state index in [1.807, 2.05) is 0 Å². The molecule has 136 valence electrons. The second-order valence-electron chi connectivity index (χ2n) is 4.58. The van der Waals surface area contributed by atoms with Gasteiger partial charge in [0, 0.05) is 18.5 Å². The molecule has 1 heterocycles. The maximum atomic E-state index is 10.7. The van der Waals surface area contributed by atoms with Crippen molar-refractivity contribution in [1.82, 2.24) is 9.97 Å². The van der Waals surface area contributed by atoms with Gasteiger partial charge < -0.3 is 21.2 Å². The number of methoxy groups -OCH3 is 1. The fourth-order valence-corrected chi connectivity index (χ4v) is 1.58. The van der Waals surface area contributed by atoms with Gasteiger partial charge in [-0.3, -0.25) is 4.79 Å². The fourth-order valence-electron chi connectivity index (χ4n) is 1.58. The highest BCUT2D eigenvalue weighted by Crippen LogP contribution is 2.02. The number of nitrogen functional groups attached to an aromatic ring is 1. The van der Waals surface area contributed by atoms with Crippen LogP contribution in [0.3, 0.4) is 0 Å². The van der Waals surface area contributed by atoms with Gasteiger partial charge in [0.2, 0.25) is 0 Å². The third-order valence-electron chi connectivity index (χ3n) is 2.76. The monoisotopic (exact) mass is 376 g/mol. The molecule has 0 fully saturated rings. The van der Waals surface area contributed by atoms with Gasteiger partial charge in [-0.15, -0.1) is 49.5 Å². The molecule has 24 heavy (non-hydrogen) atoms. The summed E-state index contributed by atoms with van der Waals surface area (Å²) < 4.78 is 4.43. The summed E-state index contributed by atoms with van der Waals surface area (Å²) in [7, 11) is 1.32. The number of aromatic amines is 1. The number of nitrogens with zero attached hydrogens (tertiary/aromatic N) is 1. The van der Waals surface area contributed by atoms with Crippen molar-refractivity contribution in [1.29, 1.82) is 0 Å². The zero-order chi connectivity index (χ0) is 16.8. The van der Waals surface area contributed by atoms with Crippen LogP contribution in [0.4, 0.5) is 5.95 Å². The number of H-pyrrole nitrogens is 1. The lowest BCUT2D eigenvalue weighted by Crippen LogP contribution is -2.31. The summed E-state index contributed by atoms with van der Waals surface area (Å²) in [5, 5.41) is 0. The molecule has 0 aliphatic heterocycles. The van der Waals surface area contributed by atoms with E-state index >= 15 is 0 Å². The summed E-state index contributed by atoms with van der Waals surface area (Å²) in [6, 6.07) is -0.520. The predicted octanol–water partition coefficient (Wildman–Crippen LogP) is 2.08. The predicted molar refractivity (Wildman–Crippen MR) is 102 cm³/mol. The van der Waals surface area contributed by atoms with E-state index < -0.39 is 6.04 Å². The van der Waals surface area contributed by atoms with Crippen molar-refractivity contribution in [2.24, 2.45) is 5.73 Å². The van der Waals surface area contributed by atoms with Gasteiger partial charge in [0.1, 0.15) is 6.04 Å². The van der Waals surface area contributed by atoms with E-state index in [4.69, 9.17) is 24.3 Å². The highest BCUT2D eigenvalue weighted by Gasteiger charge is 2.11. The Morgan fingerprint density at radius 1 is 1.33 bits per heavy atom. The number of ether oxygens (including phenoxy) is 1. The number of rotatable bonds is 7. The van der Waals surface area contributed by atoms with Crippen LogP contribution in [0.15, 0.2) is 6.20 Å². The van der Waals surface area contributed by atoms with Gasteiger partial charge in [0.05, 0.1) is 13.3 Å². The van der Waals surface area contributed by atoms with E-state index in [9.17, 15) is 4.79 Å². The number of aromatic nitrogens is 2. The van der Waals surface area contributed by atoms with Crippen LogP contribution in [0.2, 0.25) is 0 Å². The van der Waals surface area contributed by atoms with Crippen molar-refractivity contribution in [3.8, 4) is 24.7 Å². The molecule has 1 unspecified atom stereocenters. The fraction of sp³-hybridized carbons (Fsp3) is 0.500. The lowest BCUT2D eigenvalue weighted by Gasteiger charge is -2.06. The molecule has 8 heteroatoms. The third-order valence-corrected chi connectivity index (χ3v) is 2.76. The molecule has 1 aromatic rings. The number of carbonyl (C=O) groups excluding carboxylic acids is 1. The minimum absolute atomic E-state index is 0. The number of hydrogen-bond acceptors (Lipinski definition) is 5. The topological polar surface area (TPSA) is 107 Å². The van der Waals surface area contributed by atoms with Crippen LogP contribution in [0.25, 0.3) is 0 Å². The molecule has 0 spiro atoms. The Morgan fingerprint density at radius 2 is 1.92 bits per heavy atom. The van der Waals surface area contributed by atoms with E-state index in [1.165, 1.54) is 7.11 Å². The van der Waals surface area contributed by atoms with Gasteiger partial charge >= 0.3 is 5.97 Å². The quantitative estimate of drug-likeness (QED) is 0.383. The molecule has 6 nitrogen and oxygen atoms in total. The van der Waals surface area contributed by atoms with Crippen LogP contribution in [-0.2, 0) is 16.0 Å². The van der Waals surface area contributed by atoms with Crippen molar-refractivity contribution in [2.75, 3.05) is 12.8 Å². The van der Waals surface area contributed by atoms with E-state index in [-0.39, 0.29) is 30.8 Å². The number of imidazole rings is 1. The van der Waals surface area contributed by atoms with Crippen molar-refractivity contribution in [2.45, 2.75) is 44.6 Å². The van der Waals surface area contributed by atoms with Crippen LogP contribution in [-0.4, -0.2) is 29.1 Å². The Balaban J connectivity index is -0.000000339. The van der Waals surface area contributed by atoms with Crippen LogP contribution in [0, 0.1) is 24.7 Å². The second-order valence-corrected chi connectivity index (χ2v) is 4.58. The Bertz CT molecular complexity index is 521. The van der Waals surface area contributed by atoms with E-state index in [0.29, 0.717) is 18.8 Å². The SMILES string of the molecule is C#CCCCC(N)C(=O)OC.C#CCCCc1cnc(N)[nH]1.Cl.Cl. The molecule has 0 aromatic carbocycles. The van der Waals surface area contributed by atoms with Crippen LogP contribution >= 0.6 is 24.8 Å². The molecule has 0 aliphatic carbocycles. The van der Waals surface area contributed by atoms with Crippen molar-refractivity contribution in [3.05, 3.63) is 11.9 Å². The molecule has 0 saturated heterocycles. The number of nitrogens with two attached hydrogens (primary N) is 2. The molecule has 0 saturated carbocycles. The highest BCUT2D eigenvalue weighted by molar-refractivity contribution is 5.85. The third kappa shape index (κ3) is 13.8. The largest absolute Gasteiger partial charge is 0.468 e. The first-order chi connectivity index (χ1) is 10.5. The van der Waals surface area contributed by atoms with Crippen molar-refractivity contribution in [3.63, 3.8) is 0 Å². The first-order valence-corrected chi connectivity index (χ1v) is 7.04. The number of unbranched alkanes of at least 4 members (excludes halogenated alkanes) is 2. The molecule has 0 radical (unpaired) electrons. The molecule has 0 bridgehead atoms.